The molecule has 0 aliphatic rings. The molecule has 0 radical (unpaired) electrons. The molecule has 34 heavy (non-hydrogen) atoms. The van der Waals surface area contributed by atoms with Gasteiger partial charge in [0.2, 0.25) is 5.95 Å². The number of hydrogen-bond acceptors (Lipinski definition) is 7. The third kappa shape index (κ3) is 4.52. The number of rotatable bonds is 7. The van der Waals surface area contributed by atoms with E-state index in [1.165, 1.54) is 9.27 Å². The van der Waals surface area contributed by atoms with Gasteiger partial charge in [0.15, 0.2) is 4.34 Å². The van der Waals surface area contributed by atoms with Crippen molar-refractivity contribution < 1.29 is 4.79 Å². The largest absolute Gasteiger partial charge is 0.277 e. The molecule has 0 unspecified atom stereocenters. The number of amides is 1. The summed E-state index contributed by atoms with van der Waals surface area (Å²) in [4.78, 5) is 34.5. The molecule has 5 rings (SSSR count). The molecule has 0 atom stereocenters. The average Bonchev–Trinajstić information content (AvgIpc) is 3.29. The lowest BCUT2D eigenvalue weighted by Crippen LogP contribution is -2.34. The average molecular weight is 488 g/mol. The van der Waals surface area contributed by atoms with E-state index in [1.54, 1.807) is 47.4 Å². The van der Waals surface area contributed by atoms with Gasteiger partial charge in [-0.15, -0.1) is 11.3 Å². The van der Waals surface area contributed by atoms with Gasteiger partial charge in [0.25, 0.3) is 11.5 Å². The van der Waals surface area contributed by atoms with Gasteiger partial charge < -0.3 is 0 Å². The number of carbonyl (C=O) groups excluding carboxylic acids is 1. The molecule has 1 amide bonds. The molecule has 9 heteroatoms. The number of benzene rings is 3. The van der Waals surface area contributed by atoms with Crippen molar-refractivity contribution in [1.82, 2.24) is 20.0 Å². The van der Waals surface area contributed by atoms with E-state index >= 15 is 0 Å². The van der Waals surface area contributed by atoms with Crippen LogP contribution in [0.25, 0.3) is 21.1 Å². The summed E-state index contributed by atoms with van der Waals surface area (Å²) < 4.78 is 3.70. The Bertz CT molecular complexity index is 1510. The molecule has 0 fully saturated rings. The Morgan fingerprint density at radius 2 is 1.71 bits per heavy atom. The second kappa shape index (κ2) is 9.66. The minimum Gasteiger partial charge on any atom is -0.277 e. The molecule has 0 bridgehead atoms. The summed E-state index contributed by atoms with van der Waals surface area (Å²) in [5.74, 6) is 0.753. The zero-order valence-electron chi connectivity index (χ0n) is 18.3. The first-order valence-corrected chi connectivity index (χ1v) is 12.6. The Labute approximate surface area is 203 Å². The number of hydrogen-bond donors (Lipinski definition) is 2. The van der Waals surface area contributed by atoms with Crippen molar-refractivity contribution in [2.45, 2.75) is 23.6 Å². The van der Waals surface area contributed by atoms with E-state index in [2.05, 4.69) is 26.9 Å². The third-order valence-electron chi connectivity index (χ3n) is 5.32. The van der Waals surface area contributed by atoms with Gasteiger partial charge in [-0.1, -0.05) is 48.2 Å². The number of carbonyl (C=O) groups is 1. The number of nitrogens with zero attached hydrogens (tertiary/aromatic N) is 3. The molecule has 0 saturated heterocycles. The number of nitrogens with one attached hydrogen (secondary N) is 2. The van der Waals surface area contributed by atoms with Crippen LogP contribution >= 0.6 is 23.1 Å². The topological polar surface area (TPSA) is 88.9 Å². The SMILES string of the molecule is CCn1c(NNC(=O)c2ccc(CSc3nc4ccccc4s3)cc2)nc2ccccc2c1=O. The zero-order valence-corrected chi connectivity index (χ0v) is 20.0. The van der Waals surface area contributed by atoms with Gasteiger partial charge >= 0.3 is 0 Å². The number of fused-ring (bicyclic) bond motifs is 2. The van der Waals surface area contributed by atoms with Crippen molar-refractivity contribution in [3.8, 4) is 0 Å². The molecule has 2 aromatic heterocycles. The fourth-order valence-electron chi connectivity index (χ4n) is 3.55. The summed E-state index contributed by atoms with van der Waals surface area (Å²) in [6, 6.07) is 22.7. The van der Waals surface area contributed by atoms with Crippen molar-refractivity contribution in [2.75, 3.05) is 5.43 Å². The van der Waals surface area contributed by atoms with E-state index < -0.39 is 0 Å². The normalized spacial score (nSPS) is 11.1. The Balaban J connectivity index is 1.23. The Kier molecular flexibility index (Phi) is 6.29. The predicted molar refractivity (Wildman–Crippen MR) is 138 cm³/mol. The molecule has 3 aromatic carbocycles. The molecule has 0 aliphatic heterocycles. The quantitative estimate of drug-likeness (QED) is 0.246. The second-order valence-corrected chi connectivity index (χ2v) is 9.77. The minimum absolute atomic E-state index is 0.153. The fraction of sp³-hybridized carbons (Fsp3) is 0.120. The fourth-order valence-corrected chi connectivity index (χ4v) is 5.58. The number of thioether (sulfide) groups is 1. The molecule has 7 nitrogen and oxygen atoms in total. The number of aromatic nitrogens is 3. The summed E-state index contributed by atoms with van der Waals surface area (Å²) in [6.07, 6.45) is 0. The highest BCUT2D eigenvalue weighted by Gasteiger charge is 2.12. The van der Waals surface area contributed by atoms with Gasteiger partial charge in [0.05, 0.1) is 21.1 Å². The summed E-state index contributed by atoms with van der Waals surface area (Å²) in [5.41, 5.74) is 8.51. The van der Waals surface area contributed by atoms with Crippen molar-refractivity contribution in [3.05, 3.63) is 94.3 Å². The highest BCUT2D eigenvalue weighted by Crippen LogP contribution is 2.31. The molecule has 0 aliphatic carbocycles. The molecule has 5 aromatic rings. The Hall–Kier alpha value is -3.69. The number of anilines is 1. The maximum atomic E-state index is 12.7. The summed E-state index contributed by atoms with van der Waals surface area (Å²) in [6.45, 7) is 2.28. The summed E-state index contributed by atoms with van der Waals surface area (Å²) in [5, 5.41) is 0.542. The van der Waals surface area contributed by atoms with Gasteiger partial charge in [-0.2, -0.15) is 0 Å². The lowest BCUT2D eigenvalue weighted by Gasteiger charge is -2.14. The third-order valence-corrected chi connectivity index (χ3v) is 7.57. The number of para-hydroxylation sites is 2. The number of hydrazine groups is 1. The van der Waals surface area contributed by atoms with Crippen LogP contribution in [0.5, 0.6) is 0 Å². The molecular formula is C25H21N5O2S2. The minimum atomic E-state index is -0.310. The molecular weight excluding hydrogens is 466 g/mol. The van der Waals surface area contributed by atoms with E-state index in [1.807, 2.05) is 49.4 Å². The summed E-state index contributed by atoms with van der Waals surface area (Å²) in [7, 11) is 0. The van der Waals surface area contributed by atoms with E-state index in [0.717, 1.165) is 21.2 Å². The molecule has 0 spiro atoms. The lowest BCUT2D eigenvalue weighted by molar-refractivity contribution is 0.0962. The molecule has 0 saturated carbocycles. The van der Waals surface area contributed by atoms with Crippen LogP contribution in [0.4, 0.5) is 5.95 Å². The van der Waals surface area contributed by atoms with Gasteiger partial charge in [-0.25, -0.2) is 9.97 Å². The van der Waals surface area contributed by atoms with Crippen LogP contribution < -0.4 is 16.4 Å². The van der Waals surface area contributed by atoms with Crippen molar-refractivity contribution >= 4 is 56.1 Å². The number of thiazole rings is 1. The first-order chi connectivity index (χ1) is 16.6. The van der Waals surface area contributed by atoms with Gasteiger partial charge in [-0.05, 0) is 48.9 Å². The smallest absolute Gasteiger partial charge is 0.269 e. The van der Waals surface area contributed by atoms with Crippen LogP contribution in [0.15, 0.2) is 81.9 Å². The van der Waals surface area contributed by atoms with Crippen molar-refractivity contribution in [3.63, 3.8) is 0 Å². The maximum absolute atomic E-state index is 12.7. The maximum Gasteiger partial charge on any atom is 0.269 e. The first-order valence-electron chi connectivity index (χ1n) is 10.8. The molecule has 2 heterocycles. The zero-order chi connectivity index (χ0) is 23.5. The summed E-state index contributed by atoms with van der Waals surface area (Å²) >= 11 is 3.36. The van der Waals surface area contributed by atoms with Crippen LogP contribution in [-0.4, -0.2) is 20.4 Å². The Morgan fingerprint density at radius 1 is 0.971 bits per heavy atom. The molecule has 2 N–H and O–H groups in total. The molecule has 170 valence electrons. The van der Waals surface area contributed by atoms with Crippen molar-refractivity contribution in [1.29, 1.82) is 0 Å². The van der Waals surface area contributed by atoms with Gasteiger partial charge in [0, 0.05) is 17.9 Å². The van der Waals surface area contributed by atoms with Crippen LogP contribution in [0.1, 0.15) is 22.8 Å². The second-order valence-electron chi connectivity index (χ2n) is 7.51. The van der Waals surface area contributed by atoms with Crippen LogP contribution in [0.3, 0.4) is 0 Å². The van der Waals surface area contributed by atoms with E-state index in [9.17, 15) is 9.59 Å². The lowest BCUT2D eigenvalue weighted by atomic mass is 10.1. The Morgan fingerprint density at radius 3 is 2.47 bits per heavy atom. The highest BCUT2D eigenvalue weighted by atomic mass is 32.2. The van der Waals surface area contributed by atoms with Crippen LogP contribution in [0.2, 0.25) is 0 Å². The predicted octanol–water partition coefficient (Wildman–Crippen LogP) is 5.08. The van der Waals surface area contributed by atoms with Crippen molar-refractivity contribution in [2.24, 2.45) is 0 Å². The van der Waals surface area contributed by atoms with Gasteiger partial charge in [-0.3, -0.25) is 25.0 Å². The highest BCUT2D eigenvalue weighted by molar-refractivity contribution is 8.00. The standard InChI is InChI=1S/C25H21N5O2S2/c1-2-30-23(32)18-7-3-4-8-19(18)26-24(30)29-28-22(31)17-13-11-16(12-14-17)15-33-25-27-20-9-5-6-10-21(20)34-25/h3-14H,2,15H2,1H3,(H,26,29)(H,28,31). The van der Waals surface area contributed by atoms with E-state index in [0.29, 0.717) is 29.0 Å². The van der Waals surface area contributed by atoms with E-state index in [-0.39, 0.29) is 11.5 Å². The van der Waals surface area contributed by atoms with E-state index in [4.69, 9.17) is 0 Å². The van der Waals surface area contributed by atoms with Crippen LogP contribution in [0, 0.1) is 0 Å². The van der Waals surface area contributed by atoms with Gasteiger partial charge in [0.1, 0.15) is 0 Å². The monoisotopic (exact) mass is 487 g/mol. The first kappa shape index (κ1) is 22.1. The van der Waals surface area contributed by atoms with Crippen LogP contribution in [-0.2, 0) is 12.3 Å².